The summed E-state index contributed by atoms with van der Waals surface area (Å²) >= 11 is 0. The zero-order valence-corrected chi connectivity index (χ0v) is 37.7. The maximum absolute atomic E-state index is 6.19. The third kappa shape index (κ3) is 46.3. The largest absolute Gasteiger partial charge is 0.355 e. The van der Waals surface area contributed by atoms with Gasteiger partial charge in [0.25, 0.3) is 0 Å². The van der Waals surface area contributed by atoms with Gasteiger partial charge in [0.2, 0.25) is 0 Å². The lowest BCUT2D eigenvalue weighted by Gasteiger charge is -2.19. The zero-order chi connectivity index (χ0) is 39.8. The predicted octanol–water partition coefficient (Wildman–Crippen LogP) is 15.0. The molecule has 0 spiro atoms. The molecule has 0 bridgehead atoms. The van der Waals surface area contributed by atoms with Gasteiger partial charge in [-0.1, -0.05) is 182 Å². The Morgan fingerprint density at radius 2 is 0.473 bits per heavy atom. The molecule has 7 heteroatoms. The number of rotatable bonds is 50. The maximum Gasteiger partial charge on any atom is 0.157 e. The highest BCUT2D eigenvalue weighted by Gasteiger charge is 2.11. The van der Waals surface area contributed by atoms with Crippen LogP contribution in [-0.4, -0.2) is 65.8 Å². The van der Waals surface area contributed by atoms with Crippen molar-refractivity contribution in [3.8, 4) is 0 Å². The van der Waals surface area contributed by atoms with Crippen molar-refractivity contribution in [2.45, 2.75) is 259 Å². The van der Waals surface area contributed by atoms with Crippen LogP contribution in [-0.2, 0) is 33.2 Å². The molecule has 0 radical (unpaired) electrons. The van der Waals surface area contributed by atoms with Crippen molar-refractivity contribution in [2.75, 3.05) is 53.2 Å². The molecular formula is C48H98O7. The first-order valence-corrected chi connectivity index (χ1v) is 24.5. The quantitative estimate of drug-likeness (QED) is 0.0449. The fourth-order valence-corrected chi connectivity index (χ4v) is 6.83. The summed E-state index contributed by atoms with van der Waals surface area (Å²) in [5.74, 6) is 0. The highest BCUT2D eigenvalue weighted by molar-refractivity contribution is 4.54. The SMILES string of the molecule is CCCCCCCCOC(CCCCCCOCOCOCCCCCCC(OCCCCCCCC)OCCCCCCCC)OCCCCCCCC. The first-order valence-electron chi connectivity index (χ1n) is 24.5. The van der Waals surface area contributed by atoms with Gasteiger partial charge in [0, 0.05) is 39.6 Å². The van der Waals surface area contributed by atoms with Crippen molar-refractivity contribution in [1.29, 1.82) is 0 Å². The van der Waals surface area contributed by atoms with E-state index < -0.39 is 0 Å². The highest BCUT2D eigenvalue weighted by atomic mass is 16.7. The third-order valence-corrected chi connectivity index (χ3v) is 10.5. The molecule has 0 aliphatic carbocycles. The summed E-state index contributed by atoms with van der Waals surface area (Å²) in [7, 11) is 0. The molecule has 0 heterocycles. The fourth-order valence-electron chi connectivity index (χ4n) is 6.83. The van der Waals surface area contributed by atoms with E-state index in [-0.39, 0.29) is 12.6 Å². The van der Waals surface area contributed by atoms with E-state index in [2.05, 4.69) is 27.7 Å². The van der Waals surface area contributed by atoms with Crippen LogP contribution in [0.25, 0.3) is 0 Å². The van der Waals surface area contributed by atoms with E-state index >= 15 is 0 Å². The second-order valence-electron chi connectivity index (χ2n) is 16.1. The van der Waals surface area contributed by atoms with E-state index in [0.717, 1.165) is 117 Å². The number of hydrogen-bond donors (Lipinski definition) is 0. The van der Waals surface area contributed by atoms with E-state index in [1.54, 1.807) is 0 Å². The Bertz CT molecular complexity index is 576. The molecule has 0 aromatic carbocycles. The normalized spacial score (nSPS) is 11.9. The summed E-state index contributed by atoms with van der Waals surface area (Å²) in [5, 5.41) is 0. The Balaban J connectivity index is 3.86. The molecule has 55 heavy (non-hydrogen) atoms. The molecule has 0 N–H and O–H groups in total. The lowest BCUT2D eigenvalue weighted by atomic mass is 10.1. The first kappa shape index (κ1) is 54.7. The summed E-state index contributed by atoms with van der Waals surface area (Å²) in [6.07, 6.45) is 42.0. The Kier molecular flexibility index (Phi) is 49.6. The van der Waals surface area contributed by atoms with Crippen LogP contribution in [0.2, 0.25) is 0 Å². The Morgan fingerprint density at radius 1 is 0.236 bits per heavy atom. The Hall–Kier alpha value is -0.280. The van der Waals surface area contributed by atoms with Gasteiger partial charge in [-0.15, -0.1) is 0 Å². The molecule has 0 aromatic rings. The van der Waals surface area contributed by atoms with Gasteiger partial charge in [0.15, 0.2) is 12.6 Å². The van der Waals surface area contributed by atoms with E-state index in [9.17, 15) is 0 Å². The minimum absolute atomic E-state index is 0.0402. The van der Waals surface area contributed by atoms with Crippen molar-refractivity contribution in [1.82, 2.24) is 0 Å². The molecular weight excluding hydrogens is 689 g/mol. The number of ether oxygens (including phenoxy) is 7. The lowest BCUT2D eigenvalue weighted by molar-refractivity contribution is -0.148. The lowest BCUT2D eigenvalue weighted by Crippen LogP contribution is -2.19. The van der Waals surface area contributed by atoms with E-state index in [1.165, 1.54) is 141 Å². The molecule has 0 rings (SSSR count). The molecule has 0 atom stereocenters. The summed E-state index contributed by atoms with van der Waals surface area (Å²) in [4.78, 5) is 0. The van der Waals surface area contributed by atoms with Crippen molar-refractivity contribution in [3.05, 3.63) is 0 Å². The van der Waals surface area contributed by atoms with Crippen LogP contribution in [0.5, 0.6) is 0 Å². The van der Waals surface area contributed by atoms with Crippen LogP contribution in [0, 0.1) is 0 Å². The van der Waals surface area contributed by atoms with Crippen molar-refractivity contribution in [3.63, 3.8) is 0 Å². The van der Waals surface area contributed by atoms with E-state index in [0.29, 0.717) is 13.6 Å². The summed E-state index contributed by atoms with van der Waals surface area (Å²) in [6, 6.07) is 0. The van der Waals surface area contributed by atoms with Crippen LogP contribution in [0.4, 0.5) is 0 Å². The molecule has 0 aromatic heterocycles. The fraction of sp³-hybridized carbons (Fsp3) is 1.00. The molecule has 0 saturated carbocycles. The van der Waals surface area contributed by atoms with Crippen LogP contribution in [0.3, 0.4) is 0 Å². The molecule has 0 saturated heterocycles. The summed E-state index contributed by atoms with van der Waals surface area (Å²) in [6.45, 7) is 14.5. The monoisotopic (exact) mass is 787 g/mol. The van der Waals surface area contributed by atoms with Gasteiger partial charge in [-0.25, -0.2) is 0 Å². The average Bonchev–Trinajstić information content (AvgIpc) is 3.19. The van der Waals surface area contributed by atoms with Crippen molar-refractivity contribution < 1.29 is 33.2 Å². The molecule has 0 unspecified atom stereocenters. The molecule has 0 amide bonds. The first-order chi connectivity index (χ1) is 27.3. The van der Waals surface area contributed by atoms with Gasteiger partial charge in [-0.05, 0) is 64.2 Å². The van der Waals surface area contributed by atoms with Crippen LogP contribution >= 0.6 is 0 Å². The third-order valence-electron chi connectivity index (χ3n) is 10.5. The van der Waals surface area contributed by atoms with Gasteiger partial charge in [0.05, 0.1) is 0 Å². The van der Waals surface area contributed by atoms with Crippen LogP contribution < -0.4 is 0 Å². The molecule has 0 fully saturated rings. The van der Waals surface area contributed by atoms with E-state index in [1.807, 2.05) is 0 Å². The van der Waals surface area contributed by atoms with Gasteiger partial charge in [-0.3, -0.25) is 0 Å². The van der Waals surface area contributed by atoms with Crippen molar-refractivity contribution in [2.24, 2.45) is 0 Å². The average molecular weight is 787 g/mol. The number of hydrogen-bond acceptors (Lipinski definition) is 7. The van der Waals surface area contributed by atoms with Gasteiger partial charge >= 0.3 is 0 Å². The second-order valence-corrected chi connectivity index (χ2v) is 16.1. The molecule has 0 aliphatic heterocycles. The van der Waals surface area contributed by atoms with Gasteiger partial charge in [-0.2, -0.15) is 0 Å². The zero-order valence-electron chi connectivity index (χ0n) is 37.7. The minimum atomic E-state index is -0.0402. The smallest absolute Gasteiger partial charge is 0.157 e. The standard InChI is InChI=1S/C48H98O7/c1-5-9-13-17-23-33-41-52-47(53-42-34-24-18-14-10-6-2)37-29-21-27-31-39-49-45-51-46-50-40-32-28-22-30-38-48(54-43-35-25-19-15-11-7-3)55-44-36-26-20-16-12-8-4/h47-48H,5-46H2,1-4H3. The Labute approximate surface area is 344 Å². The second kappa shape index (κ2) is 49.9. The van der Waals surface area contributed by atoms with Gasteiger partial charge < -0.3 is 33.2 Å². The molecule has 332 valence electrons. The topological polar surface area (TPSA) is 64.6 Å². The predicted molar refractivity (Wildman–Crippen MR) is 234 cm³/mol. The van der Waals surface area contributed by atoms with E-state index in [4.69, 9.17) is 33.2 Å². The summed E-state index contributed by atoms with van der Waals surface area (Å²) in [5.41, 5.74) is 0. The van der Waals surface area contributed by atoms with Crippen LogP contribution in [0.1, 0.15) is 246 Å². The number of unbranched alkanes of at least 4 members (excludes halogenated alkanes) is 26. The van der Waals surface area contributed by atoms with Crippen LogP contribution in [0.15, 0.2) is 0 Å². The molecule has 7 nitrogen and oxygen atoms in total. The minimum Gasteiger partial charge on any atom is -0.355 e. The van der Waals surface area contributed by atoms with Crippen molar-refractivity contribution >= 4 is 0 Å². The maximum atomic E-state index is 6.19. The summed E-state index contributed by atoms with van der Waals surface area (Å²) < 4.78 is 41.7. The highest BCUT2D eigenvalue weighted by Crippen LogP contribution is 2.15. The van der Waals surface area contributed by atoms with Gasteiger partial charge in [0.1, 0.15) is 13.6 Å². The Morgan fingerprint density at radius 3 is 0.764 bits per heavy atom. The molecule has 0 aliphatic rings.